The van der Waals surface area contributed by atoms with Crippen molar-refractivity contribution in [1.82, 2.24) is 9.97 Å². The van der Waals surface area contributed by atoms with Gasteiger partial charge in [0.15, 0.2) is 11.5 Å². The number of ether oxygens (including phenoxy) is 3. The first kappa shape index (κ1) is 17.5. The van der Waals surface area contributed by atoms with Crippen LogP contribution < -0.4 is 19.9 Å². The molecule has 2 atom stereocenters. The highest BCUT2D eigenvalue weighted by atomic mass is 35.5. The van der Waals surface area contributed by atoms with Crippen LogP contribution in [-0.4, -0.2) is 35.8 Å². The highest BCUT2D eigenvalue weighted by Gasteiger charge is 2.60. The molecule has 0 fully saturated rings. The molecule has 8 nitrogen and oxygen atoms in total. The van der Waals surface area contributed by atoms with Crippen molar-refractivity contribution in [2.24, 2.45) is 5.92 Å². The zero-order valence-electron chi connectivity index (χ0n) is 14.8. The second-order valence-corrected chi connectivity index (χ2v) is 6.86. The predicted octanol–water partition coefficient (Wildman–Crippen LogP) is 2.42. The molecule has 0 bridgehead atoms. The third-order valence-corrected chi connectivity index (χ3v) is 5.42. The van der Waals surface area contributed by atoms with Gasteiger partial charge in [-0.2, -0.15) is 0 Å². The van der Waals surface area contributed by atoms with Gasteiger partial charge in [0.25, 0.3) is 0 Å². The molecule has 0 amide bonds. The summed E-state index contributed by atoms with van der Waals surface area (Å²) in [6, 6.07) is 1.52. The maximum Gasteiger partial charge on any atom is 0.220 e. The van der Waals surface area contributed by atoms with E-state index in [0.29, 0.717) is 5.75 Å². The van der Waals surface area contributed by atoms with E-state index in [9.17, 15) is 9.59 Å². The first-order valence-electron chi connectivity index (χ1n) is 8.19. The fourth-order valence-corrected chi connectivity index (χ4v) is 3.99. The molecule has 2 aliphatic rings. The maximum absolute atomic E-state index is 13.6. The minimum Gasteiger partial charge on any atom is -0.496 e. The van der Waals surface area contributed by atoms with Crippen LogP contribution >= 0.6 is 11.6 Å². The van der Waals surface area contributed by atoms with Crippen LogP contribution in [0.1, 0.15) is 39.8 Å². The van der Waals surface area contributed by atoms with Gasteiger partial charge in [-0.3, -0.25) is 9.59 Å². The Kier molecular flexibility index (Phi) is 3.78. The Bertz CT molecular complexity index is 1010. The highest BCUT2D eigenvalue weighted by molar-refractivity contribution is 6.35. The molecule has 1 aliphatic heterocycles. The van der Waals surface area contributed by atoms with Crippen molar-refractivity contribution in [3.05, 3.63) is 34.1 Å². The number of carbonyl (C=O) groups excluding carboxylic acids is 2. The van der Waals surface area contributed by atoms with Crippen molar-refractivity contribution >= 4 is 29.1 Å². The molecule has 0 radical (unpaired) electrons. The number of rotatable bonds is 2. The lowest BCUT2D eigenvalue weighted by Crippen LogP contribution is -2.49. The third-order valence-electron chi connectivity index (χ3n) is 5.06. The summed E-state index contributed by atoms with van der Waals surface area (Å²) in [5.74, 6) is -0.414. The van der Waals surface area contributed by atoms with Gasteiger partial charge in [0.2, 0.25) is 17.3 Å². The summed E-state index contributed by atoms with van der Waals surface area (Å²) in [5.41, 5.74) is 4.75. The number of halogens is 1. The number of carbonyl (C=O) groups is 2. The van der Waals surface area contributed by atoms with E-state index in [-0.39, 0.29) is 51.5 Å². The first-order chi connectivity index (χ1) is 12.8. The lowest BCUT2D eigenvalue weighted by molar-refractivity contribution is 0.0193. The van der Waals surface area contributed by atoms with Crippen LogP contribution in [0.2, 0.25) is 5.02 Å². The molecule has 2 aromatic rings. The second-order valence-electron chi connectivity index (χ2n) is 6.48. The summed E-state index contributed by atoms with van der Waals surface area (Å²) in [5, 5.41) is 0.145. The molecule has 2 heterocycles. The van der Waals surface area contributed by atoms with Gasteiger partial charge in [0.05, 0.1) is 19.8 Å². The van der Waals surface area contributed by atoms with Crippen LogP contribution in [0.3, 0.4) is 0 Å². The van der Waals surface area contributed by atoms with E-state index in [1.165, 1.54) is 26.5 Å². The van der Waals surface area contributed by atoms with E-state index in [2.05, 4.69) is 9.97 Å². The number of fused-ring (bicyclic) bond motifs is 3. The van der Waals surface area contributed by atoms with Gasteiger partial charge in [-0.15, -0.1) is 0 Å². The summed E-state index contributed by atoms with van der Waals surface area (Å²) in [7, 11) is 2.88. The Labute approximate surface area is 159 Å². The van der Waals surface area contributed by atoms with Gasteiger partial charge in [0.1, 0.15) is 27.8 Å². The molecule has 27 heavy (non-hydrogen) atoms. The largest absolute Gasteiger partial charge is 0.496 e. The van der Waals surface area contributed by atoms with Crippen molar-refractivity contribution in [2.75, 3.05) is 20.0 Å². The van der Waals surface area contributed by atoms with Gasteiger partial charge in [-0.05, 0) is 0 Å². The first-order valence-corrected chi connectivity index (χ1v) is 8.57. The average Bonchev–Trinajstić information content (AvgIpc) is 2.96. The van der Waals surface area contributed by atoms with Crippen molar-refractivity contribution in [3.63, 3.8) is 0 Å². The molecule has 0 unspecified atom stereocenters. The summed E-state index contributed by atoms with van der Waals surface area (Å²) in [6.07, 6.45) is 1.42. The molecule has 4 rings (SSSR count). The molecule has 1 aromatic heterocycles. The normalized spacial score (nSPS) is 23.0. The summed E-state index contributed by atoms with van der Waals surface area (Å²) in [4.78, 5) is 34.1. The molecule has 2 N–H and O–H groups in total. The van der Waals surface area contributed by atoms with Gasteiger partial charge in [-0.25, -0.2) is 9.97 Å². The zero-order chi connectivity index (χ0) is 19.5. The molecular formula is C18H16ClN3O5. The lowest BCUT2D eigenvalue weighted by Gasteiger charge is -2.36. The Morgan fingerprint density at radius 3 is 2.67 bits per heavy atom. The molecule has 140 valence electrons. The minimum atomic E-state index is -1.54. The number of anilines is 1. The van der Waals surface area contributed by atoms with E-state index in [1.807, 2.05) is 0 Å². The van der Waals surface area contributed by atoms with Crippen LogP contribution in [0.5, 0.6) is 17.2 Å². The number of methoxy groups -OCH3 is 2. The quantitative estimate of drug-likeness (QED) is 0.832. The number of nitrogens with two attached hydrogens (primary N) is 1. The maximum atomic E-state index is 13.6. The van der Waals surface area contributed by atoms with E-state index < -0.39 is 17.3 Å². The third kappa shape index (κ3) is 2.16. The van der Waals surface area contributed by atoms with Crippen LogP contribution in [-0.2, 0) is 5.60 Å². The van der Waals surface area contributed by atoms with Gasteiger partial charge >= 0.3 is 0 Å². The van der Waals surface area contributed by atoms with Crippen molar-refractivity contribution in [2.45, 2.75) is 18.9 Å². The SMILES string of the molecule is COc1cc(OC)c2c(c1Cl)O[C@]1(C2=O)c2nc(N)ncc2C(=O)C[C@H]1C. The van der Waals surface area contributed by atoms with Crippen molar-refractivity contribution in [3.8, 4) is 17.2 Å². The number of nitrogens with zero attached hydrogens (tertiary/aromatic N) is 2. The molecule has 0 saturated carbocycles. The number of ketones is 2. The van der Waals surface area contributed by atoms with E-state index in [0.717, 1.165) is 0 Å². The number of hydrogen-bond donors (Lipinski definition) is 1. The summed E-state index contributed by atoms with van der Waals surface area (Å²) < 4.78 is 16.8. The number of aromatic nitrogens is 2. The van der Waals surface area contributed by atoms with Crippen molar-refractivity contribution < 1.29 is 23.8 Å². The smallest absolute Gasteiger partial charge is 0.220 e. The molecule has 1 aromatic carbocycles. The van der Waals surface area contributed by atoms with Crippen LogP contribution in [0.4, 0.5) is 5.95 Å². The van der Waals surface area contributed by atoms with Crippen LogP contribution in [0.15, 0.2) is 12.3 Å². The van der Waals surface area contributed by atoms with E-state index in [1.54, 1.807) is 6.92 Å². The lowest BCUT2D eigenvalue weighted by atomic mass is 9.72. The Morgan fingerprint density at radius 2 is 2.00 bits per heavy atom. The number of Topliss-reactive ketones (excluding diaryl/α,β-unsaturated/α-hetero) is 2. The topological polar surface area (TPSA) is 114 Å². The van der Waals surface area contributed by atoms with E-state index >= 15 is 0 Å². The molecule has 1 aliphatic carbocycles. The fraction of sp³-hybridized carbons (Fsp3) is 0.333. The standard InChI is InChI=1S/C18H16ClN3O5/c1-7-4-9(23)8-6-21-17(20)22-15(8)18(7)16(24)12-10(25-2)5-11(26-3)13(19)14(12)27-18/h5-7H,4H2,1-3H3,(H2,20,21,22)/t7-,18+/m1/s1. The second kappa shape index (κ2) is 5.82. The monoisotopic (exact) mass is 389 g/mol. The predicted molar refractivity (Wildman–Crippen MR) is 95.7 cm³/mol. The van der Waals surface area contributed by atoms with Gasteiger partial charge in [-0.1, -0.05) is 18.5 Å². The molecule has 9 heteroatoms. The number of hydrogen-bond acceptors (Lipinski definition) is 8. The summed E-state index contributed by atoms with van der Waals surface area (Å²) in [6.45, 7) is 1.75. The molecular weight excluding hydrogens is 374 g/mol. The van der Waals surface area contributed by atoms with Crippen LogP contribution in [0.25, 0.3) is 0 Å². The number of benzene rings is 1. The fourth-order valence-electron chi connectivity index (χ4n) is 3.73. The molecule has 0 saturated heterocycles. The van der Waals surface area contributed by atoms with Crippen molar-refractivity contribution in [1.29, 1.82) is 0 Å². The average molecular weight is 390 g/mol. The minimum absolute atomic E-state index is 0.0574. The van der Waals surface area contributed by atoms with Crippen LogP contribution in [0, 0.1) is 5.92 Å². The zero-order valence-corrected chi connectivity index (χ0v) is 15.6. The Morgan fingerprint density at radius 1 is 1.30 bits per heavy atom. The number of nitrogen functional groups attached to an aromatic ring is 1. The van der Waals surface area contributed by atoms with Gasteiger partial charge < -0.3 is 19.9 Å². The highest BCUT2D eigenvalue weighted by Crippen LogP contribution is 2.56. The van der Waals surface area contributed by atoms with E-state index in [4.69, 9.17) is 31.5 Å². The van der Waals surface area contributed by atoms with Gasteiger partial charge in [0, 0.05) is 24.6 Å². The Balaban J connectivity index is 2.02. The summed E-state index contributed by atoms with van der Waals surface area (Å²) >= 11 is 6.40. The molecule has 1 spiro atoms. The Hall–Kier alpha value is -2.87.